The van der Waals surface area contributed by atoms with Crippen LogP contribution in [0.1, 0.15) is 24.4 Å². The highest BCUT2D eigenvalue weighted by Crippen LogP contribution is 2.27. The SMILES string of the molecule is CNC(c1ccc(O)cc1)C1CCCNC1. The van der Waals surface area contributed by atoms with E-state index < -0.39 is 0 Å². The molecule has 1 aliphatic rings. The van der Waals surface area contributed by atoms with Crippen molar-refractivity contribution < 1.29 is 5.11 Å². The Morgan fingerprint density at radius 1 is 1.38 bits per heavy atom. The zero-order valence-electron chi connectivity index (χ0n) is 9.74. The molecule has 1 aromatic carbocycles. The first-order chi connectivity index (χ1) is 7.81. The summed E-state index contributed by atoms with van der Waals surface area (Å²) in [6, 6.07) is 7.91. The van der Waals surface area contributed by atoms with Crippen molar-refractivity contribution in [3.8, 4) is 5.75 Å². The molecule has 0 aromatic heterocycles. The number of nitrogens with one attached hydrogen (secondary N) is 2. The van der Waals surface area contributed by atoms with Gasteiger partial charge in [-0.2, -0.15) is 0 Å². The van der Waals surface area contributed by atoms with Gasteiger partial charge in [-0.15, -0.1) is 0 Å². The lowest BCUT2D eigenvalue weighted by Crippen LogP contribution is -2.37. The Bertz CT molecular complexity index is 317. The molecule has 16 heavy (non-hydrogen) atoms. The molecule has 3 nitrogen and oxygen atoms in total. The van der Waals surface area contributed by atoms with Gasteiger partial charge in [0.15, 0.2) is 0 Å². The van der Waals surface area contributed by atoms with Crippen LogP contribution in [0.2, 0.25) is 0 Å². The van der Waals surface area contributed by atoms with Gasteiger partial charge in [0.2, 0.25) is 0 Å². The van der Waals surface area contributed by atoms with E-state index >= 15 is 0 Å². The molecular weight excluding hydrogens is 200 g/mol. The Balaban J connectivity index is 2.11. The number of phenolic OH excluding ortho intramolecular Hbond substituents is 1. The number of piperidine rings is 1. The number of benzene rings is 1. The fraction of sp³-hybridized carbons (Fsp3) is 0.538. The third kappa shape index (κ3) is 2.54. The minimum atomic E-state index is 0.334. The second-order valence-corrected chi connectivity index (χ2v) is 4.46. The molecule has 2 unspecified atom stereocenters. The van der Waals surface area contributed by atoms with Crippen molar-refractivity contribution in [1.82, 2.24) is 10.6 Å². The second kappa shape index (κ2) is 5.32. The summed E-state index contributed by atoms with van der Waals surface area (Å²) >= 11 is 0. The highest BCUT2D eigenvalue weighted by atomic mass is 16.3. The first-order valence-electron chi connectivity index (χ1n) is 5.98. The Morgan fingerprint density at radius 3 is 2.69 bits per heavy atom. The number of aromatic hydroxyl groups is 1. The quantitative estimate of drug-likeness (QED) is 0.726. The van der Waals surface area contributed by atoms with Crippen LogP contribution in [0.3, 0.4) is 0 Å². The summed E-state index contributed by atoms with van der Waals surface area (Å²) in [5.74, 6) is 0.976. The molecule has 3 N–H and O–H groups in total. The van der Waals surface area contributed by atoms with Crippen LogP contribution < -0.4 is 10.6 Å². The van der Waals surface area contributed by atoms with Gasteiger partial charge in [0.05, 0.1) is 0 Å². The van der Waals surface area contributed by atoms with Crippen LogP contribution in [0.4, 0.5) is 0 Å². The molecule has 1 fully saturated rings. The average molecular weight is 220 g/mol. The van der Waals surface area contributed by atoms with Gasteiger partial charge in [0.25, 0.3) is 0 Å². The summed E-state index contributed by atoms with van der Waals surface area (Å²) < 4.78 is 0. The maximum absolute atomic E-state index is 9.29. The van der Waals surface area contributed by atoms with Crippen LogP contribution in [-0.2, 0) is 0 Å². The van der Waals surface area contributed by atoms with Crippen LogP contribution in [0, 0.1) is 5.92 Å². The number of rotatable bonds is 3. The lowest BCUT2D eigenvalue weighted by molar-refractivity contribution is 0.298. The maximum Gasteiger partial charge on any atom is 0.115 e. The fourth-order valence-electron chi connectivity index (χ4n) is 2.52. The Hall–Kier alpha value is -1.06. The highest BCUT2D eigenvalue weighted by molar-refractivity contribution is 5.28. The zero-order valence-corrected chi connectivity index (χ0v) is 9.74. The lowest BCUT2D eigenvalue weighted by atomic mass is 9.87. The Labute approximate surface area is 96.9 Å². The summed E-state index contributed by atoms with van der Waals surface area (Å²) in [7, 11) is 2.01. The molecule has 0 amide bonds. The molecule has 2 atom stereocenters. The predicted molar refractivity (Wildman–Crippen MR) is 65.5 cm³/mol. The van der Waals surface area contributed by atoms with E-state index in [1.54, 1.807) is 12.1 Å². The van der Waals surface area contributed by atoms with Gasteiger partial charge in [-0.05, 0) is 56.6 Å². The van der Waals surface area contributed by atoms with Gasteiger partial charge >= 0.3 is 0 Å². The van der Waals surface area contributed by atoms with Crippen molar-refractivity contribution in [3.05, 3.63) is 29.8 Å². The molecule has 0 saturated carbocycles. The first-order valence-corrected chi connectivity index (χ1v) is 5.98. The Kier molecular flexibility index (Phi) is 3.80. The van der Waals surface area contributed by atoms with Gasteiger partial charge in [0.1, 0.15) is 5.75 Å². The molecule has 1 aliphatic heterocycles. The first kappa shape index (κ1) is 11.4. The molecule has 2 rings (SSSR count). The molecule has 1 heterocycles. The van der Waals surface area contributed by atoms with E-state index in [2.05, 4.69) is 10.6 Å². The largest absolute Gasteiger partial charge is 0.508 e. The molecule has 0 radical (unpaired) electrons. The van der Waals surface area contributed by atoms with E-state index in [-0.39, 0.29) is 0 Å². The minimum Gasteiger partial charge on any atom is -0.508 e. The van der Waals surface area contributed by atoms with E-state index in [1.165, 1.54) is 18.4 Å². The topological polar surface area (TPSA) is 44.3 Å². The molecule has 0 spiro atoms. The van der Waals surface area contributed by atoms with Crippen molar-refractivity contribution in [2.24, 2.45) is 5.92 Å². The van der Waals surface area contributed by atoms with Crippen LogP contribution in [-0.4, -0.2) is 25.2 Å². The number of phenols is 1. The third-order valence-electron chi connectivity index (χ3n) is 3.37. The number of hydrogen-bond donors (Lipinski definition) is 3. The van der Waals surface area contributed by atoms with E-state index in [4.69, 9.17) is 0 Å². The summed E-state index contributed by atoms with van der Waals surface area (Å²) in [6.07, 6.45) is 2.51. The molecule has 0 aliphatic carbocycles. The fourth-order valence-corrected chi connectivity index (χ4v) is 2.52. The van der Waals surface area contributed by atoms with Crippen molar-refractivity contribution in [3.63, 3.8) is 0 Å². The van der Waals surface area contributed by atoms with Gasteiger partial charge in [-0.1, -0.05) is 12.1 Å². The minimum absolute atomic E-state index is 0.334. The van der Waals surface area contributed by atoms with Crippen LogP contribution in [0.25, 0.3) is 0 Å². The Morgan fingerprint density at radius 2 is 2.12 bits per heavy atom. The standard InChI is InChI=1S/C13H20N2O/c1-14-13(11-3-2-8-15-9-11)10-4-6-12(16)7-5-10/h4-7,11,13-16H,2-3,8-9H2,1H3. The van der Waals surface area contributed by atoms with E-state index in [0.717, 1.165) is 13.1 Å². The maximum atomic E-state index is 9.29. The number of hydrogen-bond acceptors (Lipinski definition) is 3. The van der Waals surface area contributed by atoms with Gasteiger partial charge in [-0.3, -0.25) is 0 Å². The van der Waals surface area contributed by atoms with Crippen molar-refractivity contribution in [2.45, 2.75) is 18.9 Å². The average Bonchev–Trinajstić information content (AvgIpc) is 2.34. The van der Waals surface area contributed by atoms with Crippen LogP contribution in [0.15, 0.2) is 24.3 Å². The normalized spacial score (nSPS) is 22.9. The molecule has 1 aromatic rings. The van der Waals surface area contributed by atoms with E-state index in [0.29, 0.717) is 17.7 Å². The molecule has 0 bridgehead atoms. The summed E-state index contributed by atoms with van der Waals surface area (Å²) in [5.41, 5.74) is 1.26. The van der Waals surface area contributed by atoms with Crippen molar-refractivity contribution in [2.75, 3.05) is 20.1 Å². The molecule has 88 valence electrons. The van der Waals surface area contributed by atoms with Gasteiger partial charge in [-0.25, -0.2) is 0 Å². The zero-order chi connectivity index (χ0) is 11.4. The van der Waals surface area contributed by atoms with Crippen molar-refractivity contribution >= 4 is 0 Å². The van der Waals surface area contributed by atoms with Crippen LogP contribution >= 0.6 is 0 Å². The van der Waals surface area contributed by atoms with Gasteiger partial charge < -0.3 is 15.7 Å². The summed E-state index contributed by atoms with van der Waals surface area (Å²) in [5, 5.41) is 16.1. The smallest absolute Gasteiger partial charge is 0.115 e. The monoisotopic (exact) mass is 220 g/mol. The molecule has 1 saturated heterocycles. The summed E-state index contributed by atoms with van der Waals surface area (Å²) in [6.45, 7) is 2.22. The lowest BCUT2D eigenvalue weighted by Gasteiger charge is -2.31. The molecule has 3 heteroatoms. The predicted octanol–water partition coefficient (Wildman–Crippen LogP) is 1.65. The van der Waals surface area contributed by atoms with E-state index in [1.807, 2.05) is 19.2 Å². The van der Waals surface area contributed by atoms with Gasteiger partial charge in [0, 0.05) is 6.04 Å². The van der Waals surface area contributed by atoms with Crippen LogP contribution in [0.5, 0.6) is 5.75 Å². The summed E-state index contributed by atoms with van der Waals surface area (Å²) in [4.78, 5) is 0. The molecular formula is C13H20N2O. The van der Waals surface area contributed by atoms with Crippen molar-refractivity contribution in [1.29, 1.82) is 0 Å². The second-order valence-electron chi connectivity index (χ2n) is 4.46. The van der Waals surface area contributed by atoms with E-state index in [9.17, 15) is 5.11 Å². The third-order valence-corrected chi connectivity index (χ3v) is 3.37. The highest BCUT2D eigenvalue weighted by Gasteiger charge is 2.23.